The van der Waals surface area contributed by atoms with Crippen LogP contribution in [0, 0.1) is 0 Å². The van der Waals surface area contributed by atoms with Gasteiger partial charge in [0.25, 0.3) is 0 Å². The summed E-state index contributed by atoms with van der Waals surface area (Å²) in [7, 11) is 0. The molecule has 0 saturated carbocycles. The summed E-state index contributed by atoms with van der Waals surface area (Å²) in [4.78, 5) is 0. The summed E-state index contributed by atoms with van der Waals surface area (Å²) in [5, 5.41) is 12.4. The number of para-hydroxylation sites is 1. The van der Waals surface area contributed by atoms with Crippen molar-refractivity contribution in [1.29, 1.82) is 0 Å². The summed E-state index contributed by atoms with van der Waals surface area (Å²) >= 11 is 0. The molecule has 0 heterocycles. The Morgan fingerprint density at radius 2 is 0.506 bits per heavy atom. The quantitative estimate of drug-likeness (QED) is 0.124. The second-order valence-corrected chi connectivity index (χ2v) is 21.0. The lowest BCUT2D eigenvalue weighted by molar-refractivity contribution is 0.483. The van der Waals surface area contributed by atoms with E-state index in [0.29, 0.717) is 0 Å². The summed E-state index contributed by atoms with van der Waals surface area (Å²) in [5.41, 5.74) is 18.8. The average molecular weight is 1030 g/mol. The molecule has 0 radical (unpaired) electrons. The van der Waals surface area contributed by atoms with Gasteiger partial charge in [0, 0.05) is 0 Å². The van der Waals surface area contributed by atoms with Crippen molar-refractivity contribution in [1.82, 2.24) is 0 Å². The normalized spacial score (nSPS) is 11.5. The number of hydrogen-bond acceptors (Lipinski definition) is 1. The van der Waals surface area contributed by atoms with Gasteiger partial charge in [-0.2, -0.15) is 0 Å². The molecule has 1 nitrogen and oxygen atoms in total. The van der Waals surface area contributed by atoms with Crippen LogP contribution >= 0.6 is 0 Å². The predicted molar refractivity (Wildman–Crippen MR) is 344 cm³/mol. The van der Waals surface area contributed by atoms with Gasteiger partial charge in [-0.3, -0.25) is 0 Å². The van der Waals surface area contributed by atoms with Crippen molar-refractivity contribution in [3.8, 4) is 101 Å². The van der Waals surface area contributed by atoms with Gasteiger partial charge < -0.3 is 4.74 Å². The van der Waals surface area contributed by atoms with Gasteiger partial charge in [0.05, 0.1) is 0 Å². The third-order valence-electron chi connectivity index (χ3n) is 16.3. The SMILES string of the molecule is c1ccc(Oc2cccc(-c3cc(-c4ccc(-c5c6ccccc6c(-c6ccc7ccccc7c6)c6ccccc56)cc4)cc(-c4ccccc4)c3-c3cccc(-c4c5ccccc5c(-c5ccccc5)c5ccccc45)c3)c2)cc1. The molecule has 0 bridgehead atoms. The molecule has 0 amide bonds. The molecule has 0 aliphatic heterocycles. The van der Waals surface area contributed by atoms with Crippen LogP contribution in [-0.2, 0) is 0 Å². The molecule has 0 aliphatic carbocycles. The molecule has 0 saturated heterocycles. The standard InChI is InChI=1S/C80H52O/c1-4-23-55(24-5-1)74-51-63(54-42-45-57(46-43-54)77-68-36-14-18-40-72(68)79(73-41-19-15-37-69(73)77)62-47-44-53-22-10-11-27-58(53)48-62)52-75(59-28-21-33-65(50-59)81-64-31-8-3-9-32-64)80(74)61-30-20-29-60(49-61)78-70-38-16-12-34-66(70)76(56-25-6-2-7-26-56)67-35-13-17-39-71(67)78/h1-52H. The highest BCUT2D eigenvalue weighted by Crippen LogP contribution is 2.49. The summed E-state index contributed by atoms with van der Waals surface area (Å²) < 4.78 is 6.58. The summed E-state index contributed by atoms with van der Waals surface area (Å²) in [6.45, 7) is 0. The fourth-order valence-corrected chi connectivity index (χ4v) is 12.7. The third kappa shape index (κ3) is 8.61. The fourth-order valence-electron chi connectivity index (χ4n) is 12.7. The van der Waals surface area contributed by atoms with E-state index < -0.39 is 0 Å². The molecule has 15 aromatic rings. The summed E-state index contributed by atoms with van der Waals surface area (Å²) in [6.07, 6.45) is 0. The number of rotatable bonds is 10. The highest BCUT2D eigenvalue weighted by atomic mass is 16.5. The Morgan fingerprint density at radius 1 is 0.160 bits per heavy atom. The van der Waals surface area contributed by atoms with E-state index in [1.807, 2.05) is 30.3 Å². The maximum Gasteiger partial charge on any atom is 0.128 e. The van der Waals surface area contributed by atoms with E-state index in [2.05, 4.69) is 285 Å². The molecule has 1 heteroatoms. The van der Waals surface area contributed by atoms with Crippen LogP contribution in [0.15, 0.2) is 315 Å². The molecular formula is C80H52O. The maximum atomic E-state index is 6.58. The second-order valence-electron chi connectivity index (χ2n) is 21.0. The van der Waals surface area contributed by atoms with Crippen LogP contribution in [0.5, 0.6) is 11.5 Å². The highest BCUT2D eigenvalue weighted by Gasteiger charge is 2.22. The van der Waals surface area contributed by atoms with Crippen LogP contribution in [0.1, 0.15) is 0 Å². The Kier molecular flexibility index (Phi) is 11.9. The number of fused-ring (bicyclic) bond motifs is 5. The molecule has 0 fully saturated rings. The van der Waals surface area contributed by atoms with Crippen LogP contribution in [0.3, 0.4) is 0 Å². The van der Waals surface area contributed by atoms with Crippen molar-refractivity contribution < 1.29 is 4.74 Å². The zero-order valence-corrected chi connectivity index (χ0v) is 44.4. The first kappa shape index (κ1) is 47.6. The average Bonchev–Trinajstić information content (AvgIpc) is 3.65. The lowest BCUT2D eigenvalue weighted by Crippen LogP contribution is -1.95. The van der Waals surface area contributed by atoms with E-state index in [1.54, 1.807) is 0 Å². The van der Waals surface area contributed by atoms with E-state index in [4.69, 9.17) is 4.74 Å². The highest BCUT2D eigenvalue weighted by molar-refractivity contribution is 6.23. The van der Waals surface area contributed by atoms with Gasteiger partial charge in [-0.05, 0) is 191 Å². The van der Waals surface area contributed by atoms with Crippen molar-refractivity contribution in [3.05, 3.63) is 315 Å². The fraction of sp³-hybridized carbons (Fsp3) is 0. The molecule has 0 N–H and O–H groups in total. The van der Waals surface area contributed by atoms with Crippen molar-refractivity contribution in [2.75, 3.05) is 0 Å². The second kappa shape index (κ2) is 20.3. The van der Waals surface area contributed by atoms with Gasteiger partial charge in [-0.1, -0.05) is 267 Å². The van der Waals surface area contributed by atoms with E-state index in [1.165, 1.54) is 92.8 Å². The third-order valence-corrected chi connectivity index (χ3v) is 16.3. The first-order chi connectivity index (χ1) is 40.2. The first-order valence-corrected chi connectivity index (χ1v) is 27.9. The van der Waals surface area contributed by atoms with E-state index in [-0.39, 0.29) is 0 Å². The number of hydrogen-bond donors (Lipinski definition) is 0. The molecule has 81 heavy (non-hydrogen) atoms. The van der Waals surface area contributed by atoms with Crippen molar-refractivity contribution in [2.24, 2.45) is 0 Å². The minimum atomic E-state index is 0.775. The number of benzene rings is 15. The lowest BCUT2D eigenvalue weighted by Gasteiger charge is -2.21. The molecule has 15 aromatic carbocycles. The van der Waals surface area contributed by atoms with Crippen LogP contribution in [0.2, 0.25) is 0 Å². The van der Waals surface area contributed by atoms with Crippen molar-refractivity contribution >= 4 is 53.9 Å². The van der Waals surface area contributed by atoms with Gasteiger partial charge in [0.15, 0.2) is 0 Å². The Labute approximate surface area is 471 Å². The molecule has 0 unspecified atom stereocenters. The van der Waals surface area contributed by atoms with Gasteiger partial charge >= 0.3 is 0 Å². The number of ether oxygens (including phenoxy) is 1. The van der Waals surface area contributed by atoms with Gasteiger partial charge in [-0.25, -0.2) is 0 Å². The van der Waals surface area contributed by atoms with Crippen LogP contribution in [0.4, 0.5) is 0 Å². The molecule has 0 aromatic heterocycles. The Balaban J connectivity index is 0.925. The van der Waals surface area contributed by atoms with Crippen molar-refractivity contribution in [3.63, 3.8) is 0 Å². The topological polar surface area (TPSA) is 9.23 Å². The van der Waals surface area contributed by atoms with Crippen LogP contribution in [-0.4, -0.2) is 0 Å². The molecule has 15 rings (SSSR count). The minimum Gasteiger partial charge on any atom is -0.457 e. The predicted octanol–water partition coefficient (Wildman–Crippen LogP) is 22.6. The summed E-state index contributed by atoms with van der Waals surface area (Å²) in [6, 6.07) is 115. The van der Waals surface area contributed by atoms with Crippen molar-refractivity contribution in [2.45, 2.75) is 0 Å². The lowest BCUT2D eigenvalue weighted by atomic mass is 9.82. The molecular weight excluding hydrogens is 977 g/mol. The molecule has 378 valence electrons. The summed E-state index contributed by atoms with van der Waals surface area (Å²) in [5.74, 6) is 1.57. The first-order valence-electron chi connectivity index (χ1n) is 27.9. The minimum absolute atomic E-state index is 0.775. The smallest absolute Gasteiger partial charge is 0.128 e. The zero-order chi connectivity index (χ0) is 53.6. The zero-order valence-electron chi connectivity index (χ0n) is 44.4. The van der Waals surface area contributed by atoms with Crippen LogP contribution in [0.25, 0.3) is 143 Å². The van der Waals surface area contributed by atoms with E-state index in [9.17, 15) is 0 Å². The Bertz CT molecular complexity index is 4750. The maximum absolute atomic E-state index is 6.58. The molecule has 0 aliphatic rings. The van der Waals surface area contributed by atoms with Crippen LogP contribution < -0.4 is 4.74 Å². The Hall–Kier alpha value is -10.6. The molecule has 0 spiro atoms. The van der Waals surface area contributed by atoms with E-state index in [0.717, 1.165) is 61.6 Å². The monoisotopic (exact) mass is 1030 g/mol. The van der Waals surface area contributed by atoms with E-state index >= 15 is 0 Å². The van der Waals surface area contributed by atoms with Gasteiger partial charge in [0.2, 0.25) is 0 Å². The van der Waals surface area contributed by atoms with Gasteiger partial charge in [0.1, 0.15) is 11.5 Å². The van der Waals surface area contributed by atoms with Gasteiger partial charge in [-0.15, -0.1) is 0 Å². The Morgan fingerprint density at radius 3 is 1.05 bits per heavy atom. The largest absolute Gasteiger partial charge is 0.457 e. The molecule has 0 atom stereocenters.